The molecular weight excluding hydrogens is 346 g/mol. The number of hydrogen-bond donors (Lipinski definition) is 2. The lowest BCUT2D eigenvalue weighted by Crippen LogP contribution is -2.41. The third-order valence-corrected chi connectivity index (χ3v) is 6.78. The summed E-state index contributed by atoms with van der Waals surface area (Å²) in [5, 5.41) is 11.3. The fourth-order valence-corrected chi connectivity index (χ4v) is 5.25. The van der Waals surface area contributed by atoms with E-state index in [0.717, 1.165) is 43.9 Å². The van der Waals surface area contributed by atoms with Crippen LogP contribution in [-0.2, 0) is 11.3 Å². The van der Waals surface area contributed by atoms with Crippen molar-refractivity contribution in [2.24, 2.45) is 11.3 Å². The first-order valence-electron chi connectivity index (χ1n) is 9.34. The Bertz CT molecular complexity index is 792. The molecule has 1 aromatic carbocycles. The second kappa shape index (κ2) is 7.25. The van der Waals surface area contributed by atoms with Crippen LogP contribution < -0.4 is 0 Å². The summed E-state index contributed by atoms with van der Waals surface area (Å²) in [4.78, 5) is 20.2. The number of likely N-dealkylation sites (tertiary alicyclic amines) is 2. The van der Waals surface area contributed by atoms with Crippen LogP contribution in [-0.4, -0.2) is 70.6 Å². The van der Waals surface area contributed by atoms with Gasteiger partial charge in [-0.15, -0.1) is 0 Å². The fraction of sp³-hybridized carbons (Fsp3) is 0.550. The zero-order valence-corrected chi connectivity index (χ0v) is 16.1. The predicted octanol–water partition coefficient (Wildman–Crippen LogP) is 2.74. The molecule has 0 saturated carbocycles. The van der Waals surface area contributed by atoms with Crippen molar-refractivity contribution in [2.45, 2.75) is 13.0 Å². The summed E-state index contributed by atoms with van der Waals surface area (Å²) >= 11 is 1.86. The van der Waals surface area contributed by atoms with Crippen LogP contribution in [0.3, 0.4) is 0 Å². The molecule has 26 heavy (non-hydrogen) atoms. The molecule has 2 fully saturated rings. The number of aromatic nitrogens is 1. The van der Waals surface area contributed by atoms with E-state index in [-0.39, 0.29) is 5.92 Å². The van der Waals surface area contributed by atoms with E-state index in [2.05, 4.69) is 45.3 Å². The average Bonchev–Trinajstić information content (AvgIpc) is 3.28. The molecule has 2 aliphatic heterocycles. The first-order chi connectivity index (χ1) is 12.6. The molecule has 4 rings (SSSR count). The van der Waals surface area contributed by atoms with Gasteiger partial charge in [0.1, 0.15) is 0 Å². The van der Waals surface area contributed by atoms with Crippen LogP contribution in [0.4, 0.5) is 0 Å². The number of H-pyrrole nitrogens is 1. The Kier molecular flexibility index (Phi) is 4.99. The number of thioether (sulfide) groups is 1. The highest BCUT2D eigenvalue weighted by molar-refractivity contribution is 7.98. The van der Waals surface area contributed by atoms with E-state index in [1.165, 1.54) is 10.9 Å². The van der Waals surface area contributed by atoms with E-state index in [1.807, 2.05) is 18.0 Å². The lowest BCUT2D eigenvalue weighted by Gasteiger charge is -2.25. The van der Waals surface area contributed by atoms with Crippen LogP contribution in [0, 0.1) is 11.3 Å². The quantitative estimate of drug-likeness (QED) is 0.731. The molecule has 0 radical (unpaired) electrons. The molecular formula is C20H27N3O2S. The number of aromatic amines is 1. The molecule has 2 N–H and O–H groups in total. The number of carbonyl (C=O) groups is 1. The maximum Gasteiger partial charge on any atom is 0.312 e. The third kappa shape index (κ3) is 3.15. The van der Waals surface area contributed by atoms with Gasteiger partial charge in [0.2, 0.25) is 0 Å². The second-order valence-electron chi connectivity index (χ2n) is 7.77. The Morgan fingerprint density at radius 3 is 2.88 bits per heavy atom. The number of carboxylic acid groups (broad SMARTS) is 1. The number of carboxylic acids is 1. The van der Waals surface area contributed by atoms with Crippen LogP contribution in [0.2, 0.25) is 0 Å². The zero-order chi connectivity index (χ0) is 18.1. The Labute approximate surface area is 158 Å². The Balaban J connectivity index is 1.46. The summed E-state index contributed by atoms with van der Waals surface area (Å²) in [5.41, 5.74) is 1.83. The van der Waals surface area contributed by atoms with Crippen molar-refractivity contribution >= 4 is 28.6 Å². The number of nitrogens with zero attached hydrogens (tertiary/aromatic N) is 2. The number of aliphatic carboxylic acids is 1. The zero-order valence-electron chi connectivity index (χ0n) is 15.3. The van der Waals surface area contributed by atoms with Gasteiger partial charge in [0, 0.05) is 55.7 Å². The molecule has 0 amide bonds. The monoisotopic (exact) mass is 373 g/mol. The lowest BCUT2D eigenvalue weighted by atomic mass is 9.81. The lowest BCUT2D eigenvalue weighted by molar-refractivity contribution is -0.148. The predicted molar refractivity (Wildman–Crippen MR) is 107 cm³/mol. The highest BCUT2D eigenvalue weighted by Gasteiger charge is 2.57. The van der Waals surface area contributed by atoms with E-state index >= 15 is 0 Å². The summed E-state index contributed by atoms with van der Waals surface area (Å²) in [5.74, 6) is 0.769. The van der Waals surface area contributed by atoms with Gasteiger partial charge in [0.15, 0.2) is 0 Å². The van der Waals surface area contributed by atoms with Crippen molar-refractivity contribution in [1.29, 1.82) is 0 Å². The van der Waals surface area contributed by atoms with Crippen LogP contribution in [0.25, 0.3) is 10.9 Å². The normalized spacial score (nSPS) is 26.6. The number of hydrogen-bond acceptors (Lipinski definition) is 4. The minimum atomic E-state index is -0.614. The van der Waals surface area contributed by atoms with Gasteiger partial charge in [-0.25, -0.2) is 0 Å². The van der Waals surface area contributed by atoms with Crippen molar-refractivity contribution in [2.75, 3.05) is 44.7 Å². The topological polar surface area (TPSA) is 59.6 Å². The Hall–Kier alpha value is -1.50. The first-order valence-corrected chi connectivity index (χ1v) is 10.7. The van der Waals surface area contributed by atoms with Gasteiger partial charge in [0.05, 0.1) is 5.41 Å². The molecule has 2 saturated heterocycles. The molecule has 140 valence electrons. The molecule has 6 heteroatoms. The van der Waals surface area contributed by atoms with Gasteiger partial charge in [-0.3, -0.25) is 9.69 Å². The standard InChI is InChI=1S/C20H27N3O2S/c1-26-9-3-8-22-11-16-12-23(14-20(16,13-22)19(24)25)10-15-4-2-5-18-17(15)6-7-21-18/h2,4-7,16,21H,3,8-14H2,1H3,(H,24,25)/t16-,20-/m0/s1. The molecule has 1 aromatic heterocycles. The summed E-state index contributed by atoms with van der Waals surface area (Å²) in [6.07, 6.45) is 5.24. The van der Waals surface area contributed by atoms with Gasteiger partial charge < -0.3 is 15.0 Å². The molecule has 0 bridgehead atoms. The van der Waals surface area contributed by atoms with Crippen LogP contribution in [0.15, 0.2) is 30.5 Å². The maximum atomic E-state index is 12.2. The molecule has 2 atom stereocenters. The van der Waals surface area contributed by atoms with Gasteiger partial charge in [-0.05, 0) is 42.7 Å². The summed E-state index contributed by atoms with van der Waals surface area (Å²) in [6.45, 7) is 5.01. The molecule has 0 unspecified atom stereocenters. The van der Waals surface area contributed by atoms with Crippen LogP contribution in [0.5, 0.6) is 0 Å². The second-order valence-corrected chi connectivity index (χ2v) is 8.75. The highest BCUT2D eigenvalue weighted by atomic mass is 32.2. The number of nitrogens with one attached hydrogen (secondary N) is 1. The van der Waals surface area contributed by atoms with Gasteiger partial charge in [-0.2, -0.15) is 11.8 Å². The fourth-order valence-electron chi connectivity index (χ4n) is 4.83. The molecule has 5 nitrogen and oxygen atoms in total. The molecule has 0 spiro atoms. The summed E-state index contributed by atoms with van der Waals surface area (Å²) < 4.78 is 0. The van der Waals surface area contributed by atoms with Gasteiger partial charge >= 0.3 is 5.97 Å². The molecule has 2 aromatic rings. The largest absolute Gasteiger partial charge is 0.481 e. The van der Waals surface area contributed by atoms with E-state index in [4.69, 9.17) is 0 Å². The molecule has 0 aliphatic carbocycles. The van der Waals surface area contributed by atoms with Crippen molar-refractivity contribution in [3.8, 4) is 0 Å². The van der Waals surface area contributed by atoms with E-state index in [1.54, 1.807) is 0 Å². The number of benzene rings is 1. The summed E-state index contributed by atoms with van der Waals surface area (Å²) in [6, 6.07) is 8.43. The van der Waals surface area contributed by atoms with E-state index in [9.17, 15) is 9.90 Å². The van der Waals surface area contributed by atoms with Crippen molar-refractivity contribution < 1.29 is 9.90 Å². The first kappa shape index (κ1) is 17.9. The average molecular weight is 374 g/mol. The Morgan fingerprint density at radius 1 is 1.31 bits per heavy atom. The number of fused-ring (bicyclic) bond motifs is 2. The minimum Gasteiger partial charge on any atom is -0.481 e. The van der Waals surface area contributed by atoms with Crippen LogP contribution >= 0.6 is 11.8 Å². The van der Waals surface area contributed by atoms with E-state index in [0.29, 0.717) is 13.1 Å². The van der Waals surface area contributed by atoms with Gasteiger partial charge in [0.25, 0.3) is 0 Å². The smallest absolute Gasteiger partial charge is 0.312 e. The number of rotatable bonds is 7. The summed E-state index contributed by atoms with van der Waals surface area (Å²) in [7, 11) is 0. The minimum absolute atomic E-state index is 0.236. The van der Waals surface area contributed by atoms with Crippen LogP contribution in [0.1, 0.15) is 12.0 Å². The van der Waals surface area contributed by atoms with Crippen molar-refractivity contribution in [3.05, 3.63) is 36.0 Å². The van der Waals surface area contributed by atoms with Crippen molar-refractivity contribution in [3.63, 3.8) is 0 Å². The molecule has 3 heterocycles. The molecule has 2 aliphatic rings. The third-order valence-electron chi connectivity index (χ3n) is 6.08. The maximum absolute atomic E-state index is 12.2. The SMILES string of the molecule is CSCCCN1C[C@H]2CN(Cc3cccc4[nH]ccc34)C[C@@]2(C(=O)O)C1. The Morgan fingerprint density at radius 2 is 2.12 bits per heavy atom. The highest BCUT2D eigenvalue weighted by Crippen LogP contribution is 2.43. The van der Waals surface area contributed by atoms with E-state index < -0.39 is 11.4 Å². The van der Waals surface area contributed by atoms with Gasteiger partial charge in [-0.1, -0.05) is 12.1 Å². The van der Waals surface area contributed by atoms with Crippen molar-refractivity contribution in [1.82, 2.24) is 14.8 Å².